The highest BCUT2D eigenvalue weighted by atomic mass is 32.2. The van der Waals surface area contributed by atoms with Crippen LogP contribution in [0.2, 0.25) is 0 Å². The van der Waals surface area contributed by atoms with Gasteiger partial charge in [-0.15, -0.1) is 0 Å². The number of amides is 1. The first-order valence-corrected chi connectivity index (χ1v) is 11.7. The molecule has 0 aliphatic carbocycles. The van der Waals surface area contributed by atoms with Gasteiger partial charge in [-0.3, -0.25) is 4.79 Å². The first-order valence-electron chi connectivity index (χ1n) is 10.3. The summed E-state index contributed by atoms with van der Waals surface area (Å²) in [6.07, 6.45) is 2.19. The first-order chi connectivity index (χ1) is 14.8. The lowest BCUT2D eigenvalue weighted by atomic mass is 10.2. The Hall–Kier alpha value is -2.65. The van der Waals surface area contributed by atoms with E-state index in [-0.39, 0.29) is 10.6 Å². The minimum absolute atomic E-state index is 0.0159. The van der Waals surface area contributed by atoms with E-state index in [1.165, 1.54) is 47.8 Å². The van der Waals surface area contributed by atoms with E-state index in [0.717, 1.165) is 19.3 Å². The lowest BCUT2D eigenvalue weighted by Gasteiger charge is -2.26. The van der Waals surface area contributed by atoms with Crippen molar-refractivity contribution < 1.29 is 27.1 Å². The number of carbonyl (C=O) groups excluding carboxylic acids is 1. The van der Waals surface area contributed by atoms with Crippen LogP contribution < -0.4 is 14.8 Å². The van der Waals surface area contributed by atoms with Crippen LogP contribution in [-0.4, -0.2) is 44.9 Å². The number of piperidine rings is 1. The maximum Gasteiger partial charge on any atom is 0.265 e. The zero-order valence-electron chi connectivity index (χ0n) is 17.6. The van der Waals surface area contributed by atoms with Gasteiger partial charge in [-0.1, -0.05) is 13.3 Å². The zero-order valence-corrected chi connectivity index (χ0v) is 18.5. The van der Waals surface area contributed by atoms with E-state index in [1.807, 2.05) is 0 Å². The van der Waals surface area contributed by atoms with Gasteiger partial charge >= 0.3 is 0 Å². The first kappa shape index (κ1) is 23.0. The predicted molar refractivity (Wildman–Crippen MR) is 115 cm³/mol. The Labute approximate surface area is 182 Å². The second kappa shape index (κ2) is 10.1. The molecule has 7 nitrogen and oxygen atoms in total. The molecule has 1 aliphatic heterocycles. The zero-order chi connectivity index (χ0) is 22.4. The van der Waals surface area contributed by atoms with E-state index in [9.17, 15) is 17.6 Å². The van der Waals surface area contributed by atoms with Crippen molar-refractivity contribution >= 4 is 21.6 Å². The highest BCUT2D eigenvalue weighted by Gasteiger charge is 2.29. The molecular formula is C22H27FN2O5S. The minimum atomic E-state index is -3.75. The van der Waals surface area contributed by atoms with Gasteiger partial charge in [0.15, 0.2) is 6.10 Å². The van der Waals surface area contributed by atoms with E-state index in [4.69, 9.17) is 9.47 Å². The number of sulfonamides is 1. The maximum atomic E-state index is 13.1. The van der Waals surface area contributed by atoms with Gasteiger partial charge in [-0.05, 0) is 61.7 Å². The van der Waals surface area contributed by atoms with Gasteiger partial charge < -0.3 is 14.8 Å². The highest BCUT2D eigenvalue weighted by molar-refractivity contribution is 7.89. The molecule has 3 rings (SSSR count). The van der Waals surface area contributed by atoms with Crippen LogP contribution >= 0.6 is 0 Å². The lowest BCUT2D eigenvalue weighted by molar-refractivity contribution is -0.122. The van der Waals surface area contributed by atoms with Crippen molar-refractivity contribution in [3.05, 3.63) is 48.3 Å². The monoisotopic (exact) mass is 450 g/mol. The molecule has 2 aromatic carbocycles. The van der Waals surface area contributed by atoms with Gasteiger partial charge in [0, 0.05) is 18.8 Å². The number of nitrogens with one attached hydrogen (secondary N) is 1. The number of methoxy groups -OCH3 is 1. The van der Waals surface area contributed by atoms with Crippen molar-refractivity contribution in [2.45, 2.75) is 43.6 Å². The molecule has 0 bridgehead atoms. The number of ether oxygens (including phenoxy) is 2. The largest absolute Gasteiger partial charge is 0.495 e. The summed E-state index contributed by atoms with van der Waals surface area (Å²) in [4.78, 5) is 12.7. The van der Waals surface area contributed by atoms with Gasteiger partial charge in [0.25, 0.3) is 5.91 Å². The van der Waals surface area contributed by atoms with Crippen molar-refractivity contribution in [2.24, 2.45) is 0 Å². The topological polar surface area (TPSA) is 84.9 Å². The van der Waals surface area contributed by atoms with E-state index < -0.39 is 27.9 Å². The number of hydrogen-bond acceptors (Lipinski definition) is 5. The normalized spacial score (nSPS) is 15.8. The van der Waals surface area contributed by atoms with E-state index in [0.29, 0.717) is 30.9 Å². The lowest BCUT2D eigenvalue weighted by Crippen LogP contribution is -2.36. The van der Waals surface area contributed by atoms with E-state index in [1.54, 1.807) is 13.0 Å². The van der Waals surface area contributed by atoms with Crippen LogP contribution in [0.4, 0.5) is 10.1 Å². The molecule has 0 aromatic heterocycles. The molecule has 1 amide bonds. The number of nitrogens with zero attached hydrogens (tertiary/aromatic N) is 1. The summed E-state index contributed by atoms with van der Waals surface area (Å²) >= 11 is 0. The Kier molecular flexibility index (Phi) is 7.50. The molecule has 2 aromatic rings. The van der Waals surface area contributed by atoms with Crippen LogP contribution in [0.15, 0.2) is 47.4 Å². The quantitative estimate of drug-likeness (QED) is 0.661. The molecule has 31 heavy (non-hydrogen) atoms. The minimum Gasteiger partial charge on any atom is -0.495 e. The molecule has 0 spiro atoms. The van der Waals surface area contributed by atoms with Crippen LogP contribution in [0.3, 0.4) is 0 Å². The van der Waals surface area contributed by atoms with Crippen molar-refractivity contribution in [1.29, 1.82) is 0 Å². The second-order valence-electron chi connectivity index (χ2n) is 7.29. The molecule has 9 heteroatoms. The molecule has 0 radical (unpaired) electrons. The van der Waals surface area contributed by atoms with Crippen molar-refractivity contribution in [3.63, 3.8) is 0 Å². The third kappa shape index (κ3) is 5.54. The van der Waals surface area contributed by atoms with Gasteiger partial charge in [-0.25, -0.2) is 12.8 Å². The third-order valence-electron chi connectivity index (χ3n) is 5.12. The molecule has 1 fully saturated rings. The van der Waals surface area contributed by atoms with E-state index in [2.05, 4.69) is 5.32 Å². The molecule has 0 saturated carbocycles. The number of anilines is 1. The fraction of sp³-hybridized carbons (Fsp3) is 0.409. The van der Waals surface area contributed by atoms with Crippen LogP contribution in [-0.2, 0) is 14.8 Å². The van der Waals surface area contributed by atoms with Crippen molar-refractivity contribution in [3.8, 4) is 11.5 Å². The fourth-order valence-electron chi connectivity index (χ4n) is 3.42. The molecular weight excluding hydrogens is 423 g/mol. The van der Waals surface area contributed by atoms with Crippen LogP contribution in [0.25, 0.3) is 0 Å². The number of benzene rings is 2. The summed E-state index contributed by atoms with van der Waals surface area (Å²) in [5.41, 5.74) is 0.322. The molecule has 0 unspecified atom stereocenters. The summed E-state index contributed by atoms with van der Waals surface area (Å²) in [7, 11) is -2.34. The van der Waals surface area contributed by atoms with Crippen molar-refractivity contribution in [2.75, 3.05) is 25.5 Å². The van der Waals surface area contributed by atoms with Crippen LogP contribution in [0, 0.1) is 5.82 Å². The van der Waals surface area contributed by atoms with Crippen LogP contribution in [0.1, 0.15) is 32.6 Å². The SMILES string of the molecule is CC[C@H](Oc1ccc(F)cc1)C(=O)Nc1ccc(OC)c(S(=O)(=O)N2CCCCC2)c1. The molecule has 1 aliphatic rings. The summed E-state index contributed by atoms with van der Waals surface area (Å²) < 4.78 is 51.7. The Morgan fingerprint density at radius 3 is 2.42 bits per heavy atom. The molecule has 1 atom stereocenters. The van der Waals surface area contributed by atoms with Gasteiger partial charge in [0.05, 0.1) is 7.11 Å². The second-order valence-corrected chi connectivity index (χ2v) is 9.19. The summed E-state index contributed by atoms with van der Waals surface area (Å²) in [5, 5.41) is 2.71. The van der Waals surface area contributed by atoms with Crippen LogP contribution in [0.5, 0.6) is 11.5 Å². The standard InChI is InChI=1S/C22H27FN2O5S/c1-3-19(30-18-10-7-16(23)8-11-18)22(26)24-17-9-12-20(29-2)21(15-17)31(27,28)25-13-5-4-6-14-25/h7-12,15,19H,3-6,13-14H2,1-2H3,(H,24,26)/t19-/m0/s1. The summed E-state index contributed by atoms with van der Waals surface area (Å²) in [6, 6.07) is 9.91. The molecule has 1 heterocycles. The Bertz CT molecular complexity index is 1010. The maximum absolute atomic E-state index is 13.1. The van der Waals surface area contributed by atoms with Crippen molar-refractivity contribution in [1.82, 2.24) is 4.31 Å². The average molecular weight is 451 g/mol. The highest BCUT2D eigenvalue weighted by Crippen LogP contribution is 2.31. The average Bonchev–Trinajstić information content (AvgIpc) is 2.79. The number of rotatable bonds is 8. The van der Waals surface area contributed by atoms with Gasteiger partial charge in [0.2, 0.25) is 10.0 Å². The number of hydrogen-bond donors (Lipinski definition) is 1. The molecule has 1 saturated heterocycles. The fourth-order valence-corrected chi connectivity index (χ4v) is 5.12. The summed E-state index contributed by atoms with van der Waals surface area (Å²) in [5.74, 6) is -0.242. The molecule has 1 N–H and O–H groups in total. The third-order valence-corrected chi connectivity index (χ3v) is 7.04. The Morgan fingerprint density at radius 2 is 1.81 bits per heavy atom. The number of carbonyl (C=O) groups is 1. The van der Waals surface area contributed by atoms with Gasteiger partial charge in [0.1, 0.15) is 22.2 Å². The smallest absolute Gasteiger partial charge is 0.265 e. The Morgan fingerprint density at radius 1 is 1.13 bits per heavy atom. The van der Waals surface area contributed by atoms with Gasteiger partial charge in [-0.2, -0.15) is 4.31 Å². The predicted octanol–water partition coefficient (Wildman–Crippen LogP) is 3.81. The summed E-state index contributed by atoms with van der Waals surface area (Å²) in [6.45, 7) is 2.71. The van der Waals surface area contributed by atoms with E-state index >= 15 is 0 Å². The number of halogens is 1. The molecule has 168 valence electrons. The Balaban J connectivity index is 1.79.